The number of hydrogen-bond donors (Lipinski definition) is 1. The number of para-hydroxylation sites is 1. The molecular formula is C20H20N5O2S+. The van der Waals surface area contributed by atoms with Gasteiger partial charge in [-0.3, -0.25) is 19.6 Å². The molecule has 0 bridgehead atoms. The quantitative estimate of drug-likeness (QED) is 0.543. The summed E-state index contributed by atoms with van der Waals surface area (Å²) < 4.78 is 1.65. The highest BCUT2D eigenvalue weighted by atomic mass is 32.2. The van der Waals surface area contributed by atoms with E-state index in [0.717, 1.165) is 17.7 Å². The maximum Gasteiger partial charge on any atom is 0.325 e. The summed E-state index contributed by atoms with van der Waals surface area (Å²) in [4.78, 5) is 34.4. The van der Waals surface area contributed by atoms with E-state index in [0.29, 0.717) is 22.1 Å². The van der Waals surface area contributed by atoms with Gasteiger partial charge in [0.25, 0.3) is 6.17 Å². The molecule has 3 heterocycles. The van der Waals surface area contributed by atoms with E-state index in [-0.39, 0.29) is 11.5 Å². The van der Waals surface area contributed by atoms with Gasteiger partial charge in [-0.25, -0.2) is 4.90 Å². The van der Waals surface area contributed by atoms with Gasteiger partial charge in [0.2, 0.25) is 11.1 Å². The lowest BCUT2D eigenvalue weighted by atomic mass is 10.0. The van der Waals surface area contributed by atoms with Crippen LogP contribution in [0.25, 0.3) is 11.3 Å². The number of H-pyrrole nitrogens is 1. The van der Waals surface area contributed by atoms with Crippen molar-refractivity contribution in [1.82, 2.24) is 15.1 Å². The number of pyridine rings is 1. The van der Waals surface area contributed by atoms with Crippen molar-refractivity contribution in [2.24, 2.45) is 0 Å². The Labute approximate surface area is 166 Å². The van der Waals surface area contributed by atoms with Gasteiger partial charge in [0, 0.05) is 30.2 Å². The monoisotopic (exact) mass is 394 g/mol. The number of nitrogens with one attached hydrogen (secondary N) is 1. The van der Waals surface area contributed by atoms with Crippen LogP contribution in [0.15, 0.2) is 58.7 Å². The van der Waals surface area contributed by atoms with Gasteiger partial charge in [0.1, 0.15) is 0 Å². The zero-order valence-corrected chi connectivity index (χ0v) is 16.4. The van der Waals surface area contributed by atoms with Gasteiger partial charge in [-0.05, 0) is 35.4 Å². The third-order valence-corrected chi connectivity index (χ3v) is 5.59. The molecule has 1 aromatic carbocycles. The second-order valence-corrected chi connectivity index (χ2v) is 7.55. The van der Waals surface area contributed by atoms with Crippen molar-refractivity contribution in [3.8, 4) is 11.3 Å². The number of carbonyl (C=O) groups excluding carboxylic acids is 1. The van der Waals surface area contributed by atoms with Gasteiger partial charge >= 0.3 is 11.3 Å². The predicted octanol–water partition coefficient (Wildman–Crippen LogP) is 2.53. The molecule has 0 fully saturated rings. The zero-order valence-electron chi connectivity index (χ0n) is 15.6. The van der Waals surface area contributed by atoms with Gasteiger partial charge in [-0.1, -0.05) is 30.8 Å². The van der Waals surface area contributed by atoms with Gasteiger partial charge in [-0.15, -0.1) is 0 Å². The number of nitrogens with zero attached hydrogens (tertiary/aromatic N) is 4. The Balaban J connectivity index is 2.02. The van der Waals surface area contributed by atoms with Crippen LogP contribution in [0.1, 0.15) is 32.0 Å². The van der Waals surface area contributed by atoms with Crippen LogP contribution in [0.5, 0.6) is 0 Å². The molecule has 1 atom stereocenters. The zero-order chi connectivity index (χ0) is 19.7. The van der Waals surface area contributed by atoms with Gasteiger partial charge < -0.3 is 0 Å². The molecule has 0 saturated heterocycles. The minimum Gasteiger partial charge on any atom is -0.291 e. The number of aromatic nitrogens is 4. The highest BCUT2D eigenvalue weighted by Crippen LogP contribution is 2.36. The molecule has 1 aliphatic rings. The standard InChI is InChI=1S/C20H19N5O2S/c1-3-11-28-20-22-18(27)17-15-8-4-5-9-16(15)24(13(2)26)19(25(17)23-20)14-7-6-10-21-12-14/h4-10,12,19H,3,11H2,1-2H3/p+1. The minimum absolute atomic E-state index is 0.135. The van der Waals surface area contributed by atoms with E-state index >= 15 is 0 Å². The van der Waals surface area contributed by atoms with Crippen molar-refractivity contribution in [3.05, 3.63) is 64.7 Å². The van der Waals surface area contributed by atoms with Crippen LogP contribution in [0.4, 0.5) is 5.69 Å². The summed E-state index contributed by atoms with van der Waals surface area (Å²) in [6, 6.07) is 11.1. The van der Waals surface area contributed by atoms with E-state index in [4.69, 9.17) is 5.10 Å². The van der Waals surface area contributed by atoms with E-state index in [1.165, 1.54) is 18.7 Å². The first kappa shape index (κ1) is 18.4. The summed E-state index contributed by atoms with van der Waals surface area (Å²) >= 11 is 1.49. The van der Waals surface area contributed by atoms with Crippen LogP contribution >= 0.6 is 11.8 Å². The normalized spacial score (nSPS) is 15.1. The lowest BCUT2D eigenvalue weighted by molar-refractivity contribution is -0.763. The number of aromatic amines is 1. The van der Waals surface area contributed by atoms with Crippen molar-refractivity contribution in [2.75, 3.05) is 10.7 Å². The molecular weight excluding hydrogens is 374 g/mol. The van der Waals surface area contributed by atoms with Crippen LogP contribution in [0.2, 0.25) is 0 Å². The van der Waals surface area contributed by atoms with Crippen LogP contribution < -0.4 is 15.1 Å². The molecule has 8 heteroatoms. The summed E-state index contributed by atoms with van der Waals surface area (Å²) in [6.07, 6.45) is 3.76. The average Bonchev–Trinajstić information content (AvgIpc) is 2.71. The number of thioether (sulfide) groups is 1. The van der Waals surface area contributed by atoms with Crippen molar-refractivity contribution in [3.63, 3.8) is 0 Å². The maximum absolute atomic E-state index is 13.0. The molecule has 1 unspecified atom stereocenters. The number of amides is 1. The second kappa shape index (κ2) is 7.55. The molecule has 4 rings (SSSR count). The minimum atomic E-state index is -0.584. The predicted molar refractivity (Wildman–Crippen MR) is 107 cm³/mol. The summed E-state index contributed by atoms with van der Waals surface area (Å²) in [5.41, 5.74) is 2.35. The number of fused-ring (bicyclic) bond motifs is 3. The number of rotatable bonds is 4. The summed E-state index contributed by atoms with van der Waals surface area (Å²) in [5, 5.41) is 5.24. The van der Waals surface area contributed by atoms with Crippen LogP contribution in [-0.2, 0) is 4.79 Å². The Morgan fingerprint density at radius 3 is 2.82 bits per heavy atom. The molecule has 0 saturated carbocycles. The number of benzene rings is 1. The third kappa shape index (κ3) is 3.09. The lowest BCUT2D eigenvalue weighted by Gasteiger charge is -2.31. The van der Waals surface area contributed by atoms with E-state index in [1.807, 2.05) is 36.4 Å². The molecule has 7 nitrogen and oxygen atoms in total. The summed E-state index contributed by atoms with van der Waals surface area (Å²) in [5.74, 6) is 0.705. The van der Waals surface area contributed by atoms with Crippen molar-refractivity contribution in [1.29, 1.82) is 0 Å². The molecule has 0 radical (unpaired) electrons. The Morgan fingerprint density at radius 2 is 2.11 bits per heavy atom. The topological polar surface area (TPSA) is 82.8 Å². The van der Waals surface area contributed by atoms with Crippen molar-refractivity contribution < 1.29 is 9.48 Å². The molecule has 28 heavy (non-hydrogen) atoms. The van der Waals surface area contributed by atoms with Gasteiger partial charge in [0.05, 0.1) is 16.8 Å². The van der Waals surface area contributed by atoms with Crippen LogP contribution in [0.3, 0.4) is 0 Å². The second-order valence-electron chi connectivity index (χ2n) is 6.47. The summed E-state index contributed by atoms with van der Waals surface area (Å²) in [7, 11) is 0. The maximum atomic E-state index is 13.0. The molecule has 1 amide bonds. The first-order valence-corrected chi connectivity index (χ1v) is 10.1. The van der Waals surface area contributed by atoms with Crippen LogP contribution in [0, 0.1) is 0 Å². The van der Waals surface area contributed by atoms with Crippen molar-refractivity contribution >= 4 is 23.4 Å². The molecule has 0 spiro atoms. The van der Waals surface area contributed by atoms with Gasteiger partial charge in [-0.2, -0.15) is 0 Å². The Bertz CT molecular complexity index is 1080. The van der Waals surface area contributed by atoms with E-state index < -0.39 is 6.17 Å². The molecule has 2 aromatic heterocycles. The van der Waals surface area contributed by atoms with Gasteiger partial charge in [0.15, 0.2) is 0 Å². The highest BCUT2D eigenvalue weighted by molar-refractivity contribution is 7.99. The Morgan fingerprint density at radius 1 is 1.29 bits per heavy atom. The molecule has 3 aromatic rings. The largest absolute Gasteiger partial charge is 0.325 e. The van der Waals surface area contributed by atoms with Crippen LogP contribution in [-0.4, -0.2) is 26.7 Å². The third-order valence-electron chi connectivity index (χ3n) is 4.52. The fraction of sp³-hybridized carbons (Fsp3) is 0.250. The average molecular weight is 394 g/mol. The Hall–Kier alpha value is -3.00. The fourth-order valence-corrected chi connectivity index (χ4v) is 4.11. The summed E-state index contributed by atoms with van der Waals surface area (Å²) in [6.45, 7) is 3.59. The molecule has 1 N–H and O–H groups in total. The molecule has 0 aliphatic carbocycles. The highest BCUT2D eigenvalue weighted by Gasteiger charge is 2.44. The number of anilines is 1. The SMILES string of the molecule is CCCSc1n[n+]2c(c(=O)[nH]1)-c1ccccc1N(C(C)=O)C2c1cccnc1. The number of hydrogen-bond acceptors (Lipinski definition) is 5. The fourth-order valence-electron chi connectivity index (χ4n) is 3.41. The van der Waals surface area contributed by atoms with Crippen molar-refractivity contribution in [2.45, 2.75) is 31.6 Å². The smallest absolute Gasteiger partial charge is 0.291 e. The molecule has 142 valence electrons. The first-order valence-electron chi connectivity index (χ1n) is 9.10. The molecule has 1 aliphatic heterocycles. The van der Waals surface area contributed by atoms with E-state index in [2.05, 4.69) is 16.9 Å². The first-order chi connectivity index (χ1) is 13.6. The van der Waals surface area contributed by atoms with E-state index in [9.17, 15) is 9.59 Å². The lowest BCUT2D eigenvalue weighted by Crippen LogP contribution is -2.60. The van der Waals surface area contributed by atoms with E-state index in [1.54, 1.807) is 22.0 Å². The number of carbonyl (C=O) groups is 1. The Kier molecular flexibility index (Phi) is 4.95.